The molecule has 1 amide bonds. The standard InChI is InChI=1S/C13H18N2O/c1-10-2-4-11(5-3-10)8-13(16)15-7-6-12(14)9-15/h2-5,12H,6-9,14H2,1H3/t12-/m1/s1. The third kappa shape index (κ3) is 2.61. The second-order valence-electron chi connectivity index (χ2n) is 4.55. The van der Waals surface area contributed by atoms with Crippen molar-refractivity contribution in [1.29, 1.82) is 0 Å². The van der Waals surface area contributed by atoms with E-state index in [1.54, 1.807) is 0 Å². The highest BCUT2D eigenvalue weighted by atomic mass is 16.2. The minimum Gasteiger partial charge on any atom is -0.341 e. The number of nitrogens with zero attached hydrogens (tertiary/aromatic N) is 1. The molecule has 86 valence electrons. The largest absolute Gasteiger partial charge is 0.341 e. The molecule has 1 aliphatic heterocycles. The Balaban J connectivity index is 1.94. The molecule has 0 unspecified atom stereocenters. The zero-order valence-corrected chi connectivity index (χ0v) is 9.65. The van der Waals surface area contributed by atoms with E-state index in [9.17, 15) is 4.79 Å². The van der Waals surface area contributed by atoms with Crippen LogP contribution in [0.25, 0.3) is 0 Å². The van der Waals surface area contributed by atoms with E-state index in [1.165, 1.54) is 5.56 Å². The van der Waals surface area contributed by atoms with Gasteiger partial charge in [-0.3, -0.25) is 4.79 Å². The average molecular weight is 218 g/mol. The summed E-state index contributed by atoms with van der Waals surface area (Å²) in [5.74, 6) is 0.191. The Bertz CT molecular complexity index is 372. The molecule has 0 spiro atoms. The molecule has 0 bridgehead atoms. The van der Waals surface area contributed by atoms with Gasteiger partial charge in [0.1, 0.15) is 0 Å². The van der Waals surface area contributed by atoms with Crippen LogP contribution in [-0.2, 0) is 11.2 Å². The van der Waals surface area contributed by atoms with Crippen molar-refractivity contribution in [3.63, 3.8) is 0 Å². The van der Waals surface area contributed by atoms with Crippen LogP contribution < -0.4 is 5.73 Å². The Morgan fingerprint density at radius 2 is 2.12 bits per heavy atom. The van der Waals surface area contributed by atoms with E-state index in [2.05, 4.69) is 0 Å². The van der Waals surface area contributed by atoms with Gasteiger partial charge in [0.15, 0.2) is 0 Å². The van der Waals surface area contributed by atoms with Crippen molar-refractivity contribution < 1.29 is 4.79 Å². The minimum absolute atomic E-state index is 0.168. The van der Waals surface area contributed by atoms with Crippen LogP contribution >= 0.6 is 0 Å². The number of likely N-dealkylation sites (tertiary alicyclic amines) is 1. The number of nitrogens with two attached hydrogens (primary N) is 1. The first-order chi connectivity index (χ1) is 7.65. The Kier molecular flexibility index (Phi) is 3.25. The lowest BCUT2D eigenvalue weighted by Gasteiger charge is -2.15. The minimum atomic E-state index is 0.168. The fourth-order valence-corrected chi connectivity index (χ4v) is 2.01. The molecular formula is C13H18N2O. The van der Waals surface area contributed by atoms with Crippen LogP contribution in [0.1, 0.15) is 17.5 Å². The van der Waals surface area contributed by atoms with Crippen molar-refractivity contribution in [3.8, 4) is 0 Å². The van der Waals surface area contributed by atoms with E-state index < -0.39 is 0 Å². The monoisotopic (exact) mass is 218 g/mol. The molecule has 1 saturated heterocycles. The van der Waals surface area contributed by atoms with Crippen molar-refractivity contribution in [1.82, 2.24) is 4.90 Å². The smallest absolute Gasteiger partial charge is 0.227 e. The van der Waals surface area contributed by atoms with E-state index >= 15 is 0 Å². The highest BCUT2D eigenvalue weighted by Gasteiger charge is 2.23. The number of carbonyl (C=O) groups excluding carboxylic acids is 1. The van der Waals surface area contributed by atoms with Gasteiger partial charge in [0.2, 0.25) is 5.91 Å². The lowest BCUT2D eigenvalue weighted by atomic mass is 10.1. The van der Waals surface area contributed by atoms with Gasteiger partial charge in [0.05, 0.1) is 6.42 Å². The summed E-state index contributed by atoms with van der Waals surface area (Å²) in [4.78, 5) is 13.8. The molecule has 1 heterocycles. The van der Waals surface area contributed by atoms with E-state index in [1.807, 2.05) is 36.1 Å². The lowest BCUT2D eigenvalue weighted by Crippen LogP contribution is -2.32. The lowest BCUT2D eigenvalue weighted by molar-refractivity contribution is -0.129. The average Bonchev–Trinajstić information content (AvgIpc) is 2.68. The first-order valence-electron chi connectivity index (χ1n) is 5.74. The van der Waals surface area contributed by atoms with Gasteiger partial charge in [-0.05, 0) is 18.9 Å². The number of hydrogen-bond acceptors (Lipinski definition) is 2. The molecule has 2 N–H and O–H groups in total. The molecule has 1 aromatic rings. The maximum atomic E-state index is 11.9. The van der Waals surface area contributed by atoms with Crippen LogP contribution in [0.2, 0.25) is 0 Å². The molecule has 0 radical (unpaired) electrons. The molecule has 1 aliphatic rings. The second kappa shape index (κ2) is 4.66. The van der Waals surface area contributed by atoms with Crippen LogP contribution in [0.5, 0.6) is 0 Å². The van der Waals surface area contributed by atoms with Gasteiger partial charge in [-0.1, -0.05) is 29.8 Å². The zero-order chi connectivity index (χ0) is 11.5. The van der Waals surface area contributed by atoms with Crippen LogP contribution in [0.3, 0.4) is 0 Å². The Labute approximate surface area is 96.2 Å². The highest BCUT2D eigenvalue weighted by molar-refractivity contribution is 5.79. The zero-order valence-electron chi connectivity index (χ0n) is 9.65. The predicted molar refractivity (Wildman–Crippen MR) is 64.1 cm³/mol. The summed E-state index contributed by atoms with van der Waals surface area (Å²) in [5.41, 5.74) is 8.08. The van der Waals surface area contributed by atoms with Gasteiger partial charge in [0.25, 0.3) is 0 Å². The quantitative estimate of drug-likeness (QED) is 0.808. The number of carbonyl (C=O) groups is 1. The van der Waals surface area contributed by atoms with Gasteiger partial charge in [0, 0.05) is 19.1 Å². The number of aryl methyl sites for hydroxylation is 1. The van der Waals surface area contributed by atoms with Crippen molar-refractivity contribution in [2.45, 2.75) is 25.8 Å². The van der Waals surface area contributed by atoms with E-state index in [0.29, 0.717) is 13.0 Å². The molecular weight excluding hydrogens is 200 g/mol. The fourth-order valence-electron chi connectivity index (χ4n) is 2.01. The Hall–Kier alpha value is -1.35. The molecule has 1 atom stereocenters. The first kappa shape index (κ1) is 11.1. The maximum absolute atomic E-state index is 11.9. The number of rotatable bonds is 2. The summed E-state index contributed by atoms with van der Waals surface area (Å²) in [6, 6.07) is 8.28. The summed E-state index contributed by atoms with van der Waals surface area (Å²) < 4.78 is 0. The molecule has 0 aliphatic carbocycles. The van der Waals surface area contributed by atoms with Gasteiger partial charge in [-0.2, -0.15) is 0 Å². The predicted octanol–water partition coefficient (Wildman–Crippen LogP) is 1.10. The molecule has 1 fully saturated rings. The van der Waals surface area contributed by atoms with E-state index in [4.69, 9.17) is 5.73 Å². The number of benzene rings is 1. The molecule has 3 nitrogen and oxygen atoms in total. The molecule has 0 aromatic heterocycles. The van der Waals surface area contributed by atoms with Gasteiger partial charge in [-0.15, -0.1) is 0 Å². The van der Waals surface area contributed by atoms with Crippen LogP contribution in [-0.4, -0.2) is 29.9 Å². The van der Waals surface area contributed by atoms with Gasteiger partial charge in [-0.25, -0.2) is 0 Å². The fraction of sp³-hybridized carbons (Fsp3) is 0.462. The highest BCUT2D eigenvalue weighted by Crippen LogP contribution is 2.11. The summed E-state index contributed by atoms with van der Waals surface area (Å²) >= 11 is 0. The molecule has 1 aromatic carbocycles. The van der Waals surface area contributed by atoms with Gasteiger partial charge >= 0.3 is 0 Å². The van der Waals surface area contributed by atoms with Gasteiger partial charge < -0.3 is 10.6 Å². The Morgan fingerprint density at radius 3 is 2.69 bits per heavy atom. The normalized spacial score (nSPS) is 20.1. The van der Waals surface area contributed by atoms with Crippen LogP contribution in [0, 0.1) is 6.92 Å². The van der Waals surface area contributed by atoms with Crippen LogP contribution in [0.4, 0.5) is 0 Å². The third-order valence-corrected chi connectivity index (χ3v) is 3.05. The van der Waals surface area contributed by atoms with Crippen molar-refractivity contribution in [3.05, 3.63) is 35.4 Å². The summed E-state index contributed by atoms with van der Waals surface area (Å²) in [7, 11) is 0. The number of amides is 1. The second-order valence-corrected chi connectivity index (χ2v) is 4.55. The summed E-state index contributed by atoms with van der Waals surface area (Å²) in [5, 5.41) is 0. The van der Waals surface area contributed by atoms with E-state index in [0.717, 1.165) is 18.5 Å². The molecule has 3 heteroatoms. The Morgan fingerprint density at radius 1 is 1.44 bits per heavy atom. The SMILES string of the molecule is Cc1ccc(CC(=O)N2CC[C@@H](N)C2)cc1. The molecule has 0 saturated carbocycles. The molecule has 16 heavy (non-hydrogen) atoms. The topological polar surface area (TPSA) is 46.3 Å². The van der Waals surface area contributed by atoms with Crippen molar-refractivity contribution >= 4 is 5.91 Å². The summed E-state index contributed by atoms with van der Waals surface area (Å²) in [6.45, 7) is 3.57. The molecule has 2 rings (SSSR count). The van der Waals surface area contributed by atoms with Crippen molar-refractivity contribution in [2.75, 3.05) is 13.1 Å². The maximum Gasteiger partial charge on any atom is 0.227 e. The van der Waals surface area contributed by atoms with E-state index in [-0.39, 0.29) is 11.9 Å². The third-order valence-electron chi connectivity index (χ3n) is 3.05. The number of hydrogen-bond donors (Lipinski definition) is 1. The van der Waals surface area contributed by atoms with Crippen LogP contribution in [0.15, 0.2) is 24.3 Å². The van der Waals surface area contributed by atoms with Crippen molar-refractivity contribution in [2.24, 2.45) is 5.73 Å². The first-order valence-corrected chi connectivity index (χ1v) is 5.74. The summed E-state index contributed by atoms with van der Waals surface area (Å²) in [6.07, 6.45) is 1.42.